The summed E-state index contributed by atoms with van der Waals surface area (Å²) >= 11 is 0. The van der Waals surface area contributed by atoms with Crippen LogP contribution in [0.2, 0.25) is 0 Å². The minimum Gasteiger partial charge on any atom is -0.390 e. The molecule has 0 saturated carbocycles. The fourth-order valence-corrected chi connectivity index (χ4v) is 3.83. The van der Waals surface area contributed by atoms with Crippen molar-refractivity contribution in [3.63, 3.8) is 0 Å². The van der Waals surface area contributed by atoms with E-state index in [4.69, 9.17) is 4.98 Å². The van der Waals surface area contributed by atoms with Crippen molar-refractivity contribution in [1.29, 1.82) is 0 Å². The number of para-hydroxylation sites is 1. The maximum atomic E-state index is 10.4. The molecule has 22 heavy (non-hydrogen) atoms. The Morgan fingerprint density at radius 1 is 1.05 bits per heavy atom. The molecule has 2 aliphatic rings. The van der Waals surface area contributed by atoms with Crippen molar-refractivity contribution in [1.82, 2.24) is 14.8 Å². The van der Waals surface area contributed by atoms with Crippen LogP contribution in [0.3, 0.4) is 0 Å². The number of nitrogens with zero attached hydrogens (tertiary/aromatic N) is 3. The van der Waals surface area contributed by atoms with Crippen LogP contribution in [-0.2, 0) is 6.54 Å². The van der Waals surface area contributed by atoms with Crippen LogP contribution in [-0.4, -0.2) is 58.2 Å². The summed E-state index contributed by atoms with van der Waals surface area (Å²) in [6.45, 7) is 4.82. The van der Waals surface area contributed by atoms with Gasteiger partial charge < -0.3 is 5.11 Å². The van der Waals surface area contributed by atoms with Crippen molar-refractivity contribution in [2.45, 2.75) is 31.5 Å². The van der Waals surface area contributed by atoms with E-state index in [1.54, 1.807) is 0 Å². The van der Waals surface area contributed by atoms with E-state index >= 15 is 0 Å². The fraction of sp³-hybridized carbons (Fsp3) is 0.500. The molecule has 1 aromatic heterocycles. The van der Waals surface area contributed by atoms with E-state index in [-0.39, 0.29) is 6.10 Å². The first-order valence-corrected chi connectivity index (χ1v) is 8.29. The second-order valence-corrected chi connectivity index (χ2v) is 6.57. The summed E-state index contributed by atoms with van der Waals surface area (Å²) in [6, 6.07) is 12.8. The van der Waals surface area contributed by atoms with Gasteiger partial charge in [-0.2, -0.15) is 0 Å². The topological polar surface area (TPSA) is 39.6 Å². The average molecular weight is 297 g/mol. The third-order valence-corrected chi connectivity index (χ3v) is 4.99. The molecule has 1 N–H and O–H groups in total. The predicted molar refractivity (Wildman–Crippen MR) is 87.6 cm³/mol. The standard InChI is InChI=1S/C18H23N3O/c22-18-13-20(12-17(18)21-9-3-4-10-21)11-15-8-7-14-5-1-2-6-16(14)19-15/h1-2,5-8,17-18,22H,3-4,9-13H2/t17-,18-/m1/s1. The summed E-state index contributed by atoms with van der Waals surface area (Å²) in [4.78, 5) is 9.54. The largest absolute Gasteiger partial charge is 0.390 e. The maximum Gasteiger partial charge on any atom is 0.0834 e. The van der Waals surface area contributed by atoms with Gasteiger partial charge in [0.15, 0.2) is 0 Å². The molecule has 0 spiro atoms. The maximum absolute atomic E-state index is 10.4. The molecular formula is C18H23N3O. The monoisotopic (exact) mass is 297 g/mol. The lowest BCUT2D eigenvalue weighted by Crippen LogP contribution is -2.41. The minimum absolute atomic E-state index is 0.224. The van der Waals surface area contributed by atoms with E-state index in [1.165, 1.54) is 18.2 Å². The number of fused-ring (bicyclic) bond motifs is 1. The van der Waals surface area contributed by atoms with Gasteiger partial charge in [-0.25, -0.2) is 0 Å². The molecule has 3 heterocycles. The van der Waals surface area contributed by atoms with Gasteiger partial charge in [0.25, 0.3) is 0 Å². The van der Waals surface area contributed by atoms with Crippen molar-refractivity contribution >= 4 is 10.9 Å². The normalized spacial score (nSPS) is 27.0. The summed E-state index contributed by atoms with van der Waals surface area (Å²) in [5.41, 5.74) is 2.14. The highest BCUT2D eigenvalue weighted by molar-refractivity contribution is 5.78. The Hall–Kier alpha value is -1.49. The zero-order valence-corrected chi connectivity index (χ0v) is 12.9. The van der Waals surface area contributed by atoms with Crippen LogP contribution < -0.4 is 0 Å². The fourth-order valence-electron chi connectivity index (χ4n) is 3.83. The molecule has 4 nitrogen and oxygen atoms in total. The van der Waals surface area contributed by atoms with Crippen molar-refractivity contribution < 1.29 is 5.11 Å². The highest BCUT2D eigenvalue weighted by atomic mass is 16.3. The molecule has 0 unspecified atom stereocenters. The van der Waals surface area contributed by atoms with Gasteiger partial charge in [-0.15, -0.1) is 0 Å². The zero-order chi connectivity index (χ0) is 14.9. The van der Waals surface area contributed by atoms with Crippen LogP contribution in [0.1, 0.15) is 18.5 Å². The molecule has 2 atom stereocenters. The Balaban J connectivity index is 1.46. The van der Waals surface area contributed by atoms with E-state index in [0.717, 1.165) is 43.9 Å². The summed E-state index contributed by atoms with van der Waals surface area (Å²) in [5.74, 6) is 0. The molecule has 4 rings (SSSR count). The van der Waals surface area contributed by atoms with E-state index in [1.807, 2.05) is 12.1 Å². The predicted octanol–water partition coefficient (Wildman–Crippen LogP) is 1.88. The lowest BCUT2D eigenvalue weighted by atomic mass is 10.2. The van der Waals surface area contributed by atoms with Crippen LogP contribution in [0.4, 0.5) is 0 Å². The Bertz CT molecular complexity index is 654. The van der Waals surface area contributed by atoms with Gasteiger partial charge in [-0.05, 0) is 38.1 Å². The van der Waals surface area contributed by atoms with E-state index in [0.29, 0.717) is 6.04 Å². The highest BCUT2D eigenvalue weighted by Gasteiger charge is 2.36. The Labute approximate surface area is 131 Å². The second-order valence-electron chi connectivity index (χ2n) is 6.57. The van der Waals surface area contributed by atoms with Gasteiger partial charge in [0.1, 0.15) is 0 Å². The Morgan fingerprint density at radius 2 is 1.86 bits per heavy atom. The Kier molecular flexibility index (Phi) is 3.82. The first-order valence-electron chi connectivity index (χ1n) is 8.29. The van der Waals surface area contributed by atoms with Crippen LogP contribution in [0, 0.1) is 0 Å². The summed E-state index contributed by atoms with van der Waals surface area (Å²) in [7, 11) is 0. The molecule has 2 aromatic rings. The summed E-state index contributed by atoms with van der Waals surface area (Å²) < 4.78 is 0. The number of aromatic nitrogens is 1. The lowest BCUT2D eigenvalue weighted by Gasteiger charge is -2.25. The zero-order valence-electron chi connectivity index (χ0n) is 12.9. The lowest BCUT2D eigenvalue weighted by molar-refractivity contribution is 0.0978. The number of aliphatic hydroxyl groups excluding tert-OH is 1. The van der Waals surface area contributed by atoms with Gasteiger partial charge in [0.05, 0.1) is 17.3 Å². The van der Waals surface area contributed by atoms with Gasteiger partial charge in [-0.3, -0.25) is 14.8 Å². The first kappa shape index (κ1) is 14.1. The molecule has 2 aliphatic heterocycles. The molecular weight excluding hydrogens is 274 g/mol. The molecule has 2 saturated heterocycles. The van der Waals surface area contributed by atoms with Gasteiger partial charge in [0.2, 0.25) is 0 Å². The molecule has 116 valence electrons. The molecule has 1 aromatic carbocycles. The van der Waals surface area contributed by atoms with Gasteiger partial charge in [0, 0.05) is 31.1 Å². The SMILES string of the molecule is O[C@@H]1CN(Cc2ccc3ccccc3n2)C[C@H]1N1CCCC1. The quantitative estimate of drug-likeness (QED) is 0.939. The molecule has 0 aliphatic carbocycles. The Morgan fingerprint density at radius 3 is 2.73 bits per heavy atom. The summed E-state index contributed by atoms with van der Waals surface area (Å²) in [5, 5.41) is 11.5. The van der Waals surface area contributed by atoms with Crippen LogP contribution in [0.5, 0.6) is 0 Å². The number of rotatable bonds is 3. The number of likely N-dealkylation sites (tertiary alicyclic amines) is 2. The number of aliphatic hydroxyl groups is 1. The minimum atomic E-state index is -0.224. The van der Waals surface area contributed by atoms with Crippen molar-refractivity contribution in [2.24, 2.45) is 0 Å². The number of pyridine rings is 1. The van der Waals surface area contributed by atoms with Gasteiger partial charge in [-0.1, -0.05) is 24.3 Å². The molecule has 0 amide bonds. The molecule has 2 fully saturated rings. The molecule has 4 heteroatoms. The third kappa shape index (κ3) is 2.74. The smallest absolute Gasteiger partial charge is 0.0834 e. The van der Waals surface area contributed by atoms with Crippen LogP contribution in [0.25, 0.3) is 10.9 Å². The van der Waals surface area contributed by atoms with E-state index < -0.39 is 0 Å². The molecule has 0 bridgehead atoms. The third-order valence-electron chi connectivity index (χ3n) is 4.99. The average Bonchev–Trinajstić information content (AvgIpc) is 3.17. The highest BCUT2D eigenvalue weighted by Crippen LogP contribution is 2.22. The van der Waals surface area contributed by atoms with Crippen LogP contribution >= 0.6 is 0 Å². The van der Waals surface area contributed by atoms with Crippen LogP contribution in [0.15, 0.2) is 36.4 Å². The summed E-state index contributed by atoms with van der Waals surface area (Å²) in [6.07, 6.45) is 2.32. The number of hydrogen-bond acceptors (Lipinski definition) is 4. The van der Waals surface area contributed by atoms with Crippen molar-refractivity contribution in [3.05, 3.63) is 42.1 Å². The second kappa shape index (κ2) is 5.95. The van der Waals surface area contributed by atoms with E-state index in [2.05, 4.69) is 34.1 Å². The van der Waals surface area contributed by atoms with E-state index in [9.17, 15) is 5.11 Å². The van der Waals surface area contributed by atoms with Crippen molar-refractivity contribution in [2.75, 3.05) is 26.2 Å². The first-order chi connectivity index (χ1) is 10.8. The van der Waals surface area contributed by atoms with Crippen molar-refractivity contribution in [3.8, 4) is 0 Å². The number of benzene rings is 1. The van der Waals surface area contributed by atoms with Gasteiger partial charge >= 0.3 is 0 Å². The number of hydrogen-bond donors (Lipinski definition) is 1. The molecule has 0 radical (unpaired) electrons. The number of β-amino-alcohol motifs (C(OH)–C–C–N with tert-alkyl or cyclic N) is 1.